The molecule has 2 aromatic rings. The standard InChI is InChI=1S/C18H21ClN2O2/c1-18(2)16(11-5-7-21(18)8-6-11)20-17(22)12-3-4-15-13(9-12)14(19)10-23-15/h3-4,9-11,16H,5-8H2,1-2H3,(H,20,22). The molecular formula is C18H21ClN2O2. The summed E-state index contributed by atoms with van der Waals surface area (Å²) in [7, 11) is 0. The number of nitrogens with zero attached hydrogens (tertiary/aromatic N) is 1. The van der Waals surface area contributed by atoms with Gasteiger partial charge in [-0.25, -0.2) is 0 Å². The molecule has 3 saturated heterocycles. The summed E-state index contributed by atoms with van der Waals surface area (Å²) < 4.78 is 5.34. The van der Waals surface area contributed by atoms with E-state index in [-0.39, 0.29) is 17.5 Å². The number of rotatable bonds is 2. The average Bonchev–Trinajstić information content (AvgIpc) is 2.92. The van der Waals surface area contributed by atoms with E-state index in [1.54, 1.807) is 12.1 Å². The summed E-state index contributed by atoms with van der Waals surface area (Å²) in [4.78, 5) is 15.2. The Labute approximate surface area is 140 Å². The molecule has 2 bridgehead atoms. The van der Waals surface area contributed by atoms with Gasteiger partial charge in [0.2, 0.25) is 0 Å². The molecule has 0 radical (unpaired) electrons. The molecular weight excluding hydrogens is 312 g/mol. The molecule has 5 heteroatoms. The molecule has 3 aliphatic rings. The van der Waals surface area contributed by atoms with Crippen LogP contribution in [0.25, 0.3) is 11.0 Å². The molecule has 122 valence electrons. The van der Waals surface area contributed by atoms with E-state index in [2.05, 4.69) is 24.1 Å². The van der Waals surface area contributed by atoms with Crippen LogP contribution in [0, 0.1) is 5.92 Å². The molecule has 3 fully saturated rings. The van der Waals surface area contributed by atoms with Crippen LogP contribution in [0.5, 0.6) is 0 Å². The topological polar surface area (TPSA) is 45.5 Å². The van der Waals surface area contributed by atoms with Gasteiger partial charge in [0.05, 0.1) is 5.02 Å². The number of benzene rings is 1. The highest BCUT2D eigenvalue weighted by molar-refractivity contribution is 6.35. The minimum Gasteiger partial charge on any atom is -0.463 e. The fourth-order valence-corrected chi connectivity index (χ4v) is 4.43. The first kappa shape index (κ1) is 15.0. The molecule has 1 atom stereocenters. The second-order valence-electron chi connectivity index (χ2n) is 7.22. The van der Waals surface area contributed by atoms with Gasteiger partial charge in [-0.2, -0.15) is 0 Å². The van der Waals surface area contributed by atoms with Crippen molar-refractivity contribution in [2.75, 3.05) is 13.1 Å². The second-order valence-corrected chi connectivity index (χ2v) is 7.63. The van der Waals surface area contributed by atoms with Crippen LogP contribution in [0.2, 0.25) is 5.02 Å². The molecule has 4 nitrogen and oxygen atoms in total. The van der Waals surface area contributed by atoms with Gasteiger partial charge in [-0.05, 0) is 63.9 Å². The third kappa shape index (κ3) is 2.36. The van der Waals surface area contributed by atoms with E-state index in [0.29, 0.717) is 22.1 Å². The molecule has 3 aliphatic heterocycles. The highest BCUT2D eigenvalue weighted by atomic mass is 35.5. The van der Waals surface area contributed by atoms with Gasteiger partial charge in [0.25, 0.3) is 5.91 Å². The number of furan rings is 1. The molecule has 1 unspecified atom stereocenters. The quantitative estimate of drug-likeness (QED) is 0.912. The summed E-state index contributed by atoms with van der Waals surface area (Å²) in [6.07, 6.45) is 3.84. The van der Waals surface area contributed by atoms with E-state index in [1.807, 2.05) is 6.07 Å². The lowest BCUT2D eigenvalue weighted by atomic mass is 9.72. The summed E-state index contributed by atoms with van der Waals surface area (Å²) in [6, 6.07) is 5.60. The first-order valence-corrected chi connectivity index (χ1v) is 8.57. The lowest BCUT2D eigenvalue weighted by molar-refractivity contribution is -0.0378. The highest BCUT2D eigenvalue weighted by Crippen LogP contribution is 2.39. The number of halogens is 1. The lowest BCUT2D eigenvalue weighted by Crippen LogP contribution is -2.69. The first-order chi connectivity index (χ1) is 11.0. The normalized spacial score (nSPS) is 28.9. The van der Waals surface area contributed by atoms with Gasteiger partial charge in [0.1, 0.15) is 11.8 Å². The number of amides is 1. The van der Waals surface area contributed by atoms with Crippen molar-refractivity contribution in [2.24, 2.45) is 5.92 Å². The van der Waals surface area contributed by atoms with Crippen LogP contribution in [-0.2, 0) is 0 Å². The van der Waals surface area contributed by atoms with Crippen LogP contribution in [0.1, 0.15) is 37.0 Å². The van der Waals surface area contributed by atoms with Gasteiger partial charge >= 0.3 is 0 Å². The van der Waals surface area contributed by atoms with Crippen LogP contribution in [0.3, 0.4) is 0 Å². The zero-order valence-electron chi connectivity index (χ0n) is 13.4. The Hall–Kier alpha value is -1.52. The zero-order valence-corrected chi connectivity index (χ0v) is 14.2. The van der Waals surface area contributed by atoms with Gasteiger partial charge < -0.3 is 9.73 Å². The Morgan fingerprint density at radius 2 is 2.09 bits per heavy atom. The van der Waals surface area contributed by atoms with Gasteiger partial charge in [-0.1, -0.05) is 11.6 Å². The Morgan fingerprint density at radius 1 is 1.35 bits per heavy atom. The molecule has 0 aliphatic carbocycles. The first-order valence-electron chi connectivity index (χ1n) is 8.19. The number of piperidine rings is 3. The fourth-order valence-electron chi connectivity index (χ4n) is 4.24. The summed E-state index contributed by atoms with van der Waals surface area (Å²) in [5.74, 6) is 0.538. The van der Waals surface area contributed by atoms with Crippen LogP contribution in [0.15, 0.2) is 28.9 Å². The summed E-state index contributed by atoms with van der Waals surface area (Å²) in [5, 5.41) is 4.60. The predicted octanol–water partition coefficient (Wildman–Crippen LogP) is 3.69. The van der Waals surface area contributed by atoms with E-state index in [0.717, 1.165) is 18.5 Å². The molecule has 1 N–H and O–H groups in total. The Morgan fingerprint density at radius 3 is 2.78 bits per heavy atom. The van der Waals surface area contributed by atoms with Crippen molar-refractivity contribution < 1.29 is 9.21 Å². The van der Waals surface area contributed by atoms with Crippen molar-refractivity contribution >= 4 is 28.5 Å². The molecule has 1 aromatic carbocycles. The van der Waals surface area contributed by atoms with Crippen molar-refractivity contribution in [1.82, 2.24) is 10.2 Å². The monoisotopic (exact) mass is 332 g/mol. The van der Waals surface area contributed by atoms with Crippen molar-refractivity contribution in [1.29, 1.82) is 0 Å². The molecule has 5 rings (SSSR count). The third-order valence-corrected chi connectivity index (χ3v) is 5.95. The van der Waals surface area contributed by atoms with Gasteiger partial charge in [-0.3, -0.25) is 9.69 Å². The van der Waals surface area contributed by atoms with Gasteiger partial charge in [-0.15, -0.1) is 0 Å². The fraction of sp³-hybridized carbons (Fsp3) is 0.500. The second kappa shape index (κ2) is 5.25. The molecule has 4 heterocycles. The predicted molar refractivity (Wildman–Crippen MR) is 90.9 cm³/mol. The van der Waals surface area contributed by atoms with Gasteiger partial charge in [0.15, 0.2) is 0 Å². The molecule has 0 saturated carbocycles. The minimum absolute atomic E-state index is 0.00815. The van der Waals surface area contributed by atoms with Crippen molar-refractivity contribution in [3.05, 3.63) is 35.0 Å². The van der Waals surface area contributed by atoms with E-state index >= 15 is 0 Å². The number of hydrogen-bond acceptors (Lipinski definition) is 3. The van der Waals surface area contributed by atoms with Crippen LogP contribution in [-0.4, -0.2) is 35.5 Å². The third-order valence-electron chi connectivity index (χ3n) is 5.66. The molecule has 23 heavy (non-hydrogen) atoms. The number of hydrogen-bond donors (Lipinski definition) is 1. The lowest BCUT2D eigenvalue weighted by Gasteiger charge is -2.56. The van der Waals surface area contributed by atoms with Crippen LogP contribution >= 0.6 is 11.6 Å². The summed E-state index contributed by atoms with van der Waals surface area (Å²) in [5.41, 5.74) is 1.34. The number of fused-ring (bicyclic) bond motifs is 4. The zero-order chi connectivity index (χ0) is 16.2. The van der Waals surface area contributed by atoms with Crippen LogP contribution in [0.4, 0.5) is 0 Å². The molecule has 0 spiro atoms. The Balaban J connectivity index is 1.60. The maximum atomic E-state index is 12.8. The minimum atomic E-state index is -0.0315. The molecule has 1 amide bonds. The smallest absolute Gasteiger partial charge is 0.251 e. The van der Waals surface area contributed by atoms with Crippen molar-refractivity contribution in [3.63, 3.8) is 0 Å². The van der Waals surface area contributed by atoms with E-state index < -0.39 is 0 Å². The van der Waals surface area contributed by atoms with Crippen LogP contribution < -0.4 is 5.32 Å². The number of carbonyl (C=O) groups excluding carboxylic acids is 1. The number of nitrogens with one attached hydrogen (secondary N) is 1. The van der Waals surface area contributed by atoms with E-state index in [9.17, 15) is 4.79 Å². The number of carbonyl (C=O) groups is 1. The average molecular weight is 333 g/mol. The highest BCUT2D eigenvalue weighted by Gasteiger charge is 2.48. The Kier molecular flexibility index (Phi) is 3.43. The molecule has 1 aromatic heterocycles. The summed E-state index contributed by atoms with van der Waals surface area (Å²) >= 11 is 6.11. The largest absolute Gasteiger partial charge is 0.463 e. The SMILES string of the molecule is CC1(C)C(NC(=O)c2ccc3occ(Cl)c3c2)C2CCN1CC2. The summed E-state index contributed by atoms with van der Waals surface area (Å²) in [6.45, 7) is 6.75. The van der Waals surface area contributed by atoms with E-state index in [4.69, 9.17) is 16.0 Å². The Bertz CT molecular complexity index is 759. The maximum Gasteiger partial charge on any atom is 0.251 e. The maximum absolute atomic E-state index is 12.8. The van der Waals surface area contributed by atoms with E-state index in [1.165, 1.54) is 19.1 Å². The van der Waals surface area contributed by atoms with Crippen molar-refractivity contribution in [2.45, 2.75) is 38.3 Å². The van der Waals surface area contributed by atoms with Gasteiger partial charge in [0, 0.05) is 22.5 Å². The van der Waals surface area contributed by atoms with Crippen molar-refractivity contribution in [3.8, 4) is 0 Å².